The Morgan fingerprint density at radius 2 is 2.33 bits per heavy atom. The average molecular weight is 223 g/mol. The summed E-state index contributed by atoms with van der Waals surface area (Å²) in [7, 11) is 0. The number of hydrogen-bond acceptors (Lipinski definition) is 3. The maximum absolute atomic E-state index is 6.08. The van der Waals surface area contributed by atoms with Crippen LogP contribution < -0.4 is 10.5 Å². The minimum Gasteiger partial charge on any atom is -0.487 e. The van der Waals surface area contributed by atoms with Crippen molar-refractivity contribution in [2.45, 2.75) is 36.8 Å². The number of para-hydroxylation sites is 1. The van der Waals surface area contributed by atoms with Gasteiger partial charge < -0.3 is 10.5 Å². The van der Waals surface area contributed by atoms with Crippen LogP contribution in [0.3, 0.4) is 0 Å². The van der Waals surface area contributed by atoms with Crippen LogP contribution in [0.1, 0.15) is 19.8 Å². The fourth-order valence-electron chi connectivity index (χ4n) is 1.77. The highest BCUT2D eigenvalue weighted by Crippen LogP contribution is 2.35. The zero-order valence-electron chi connectivity index (χ0n) is 8.98. The van der Waals surface area contributed by atoms with Crippen LogP contribution in [0.25, 0.3) is 0 Å². The predicted octanol–water partition coefficient (Wildman–Crippen LogP) is 2.67. The summed E-state index contributed by atoms with van der Waals surface area (Å²) in [6, 6.07) is 8.33. The third-order valence-corrected chi connectivity index (χ3v) is 3.77. The van der Waals surface area contributed by atoms with E-state index in [1.54, 1.807) is 0 Å². The van der Waals surface area contributed by atoms with Gasteiger partial charge in [0.25, 0.3) is 0 Å². The molecule has 1 aliphatic rings. The number of thioether (sulfide) groups is 1. The van der Waals surface area contributed by atoms with E-state index >= 15 is 0 Å². The van der Waals surface area contributed by atoms with E-state index in [-0.39, 0.29) is 12.1 Å². The Labute approximate surface area is 95.2 Å². The van der Waals surface area contributed by atoms with Crippen molar-refractivity contribution in [2.75, 3.05) is 5.75 Å². The molecule has 0 amide bonds. The quantitative estimate of drug-likeness (QED) is 0.855. The molecule has 0 bridgehead atoms. The van der Waals surface area contributed by atoms with Gasteiger partial charge in [-0.25, -0.2) is 0 Å². The third-order valence-electron chi connectivity index (χ3n) is 2.63. The zero-order valence-corrected chi connectivity index (χ0v) is 9.80. The van der Waals surface area contributed by atoms with Crippen LogP contribution in [-0.2, 0) is 0 Å². The molecule has 2 nitrogen and oxygen atoms in total. The lowest BCUT2D eigenvalue weighted by molar-refractivity contribution is 0.179. The first-order chi connectivity index (χ1) is 7.31. The minimum atomic E-state index is 0.163. The maximum Gasteiger partial charge on any atom is 0.133 e. The highest BCUT2D eigenvalue weighted by Gasteiger charge is 2.24. The Morgan fingerprint density at radius 1 is 1.53 bits per heavy atom. The van der Waals surface area contributed by atoms with Gasteiger partial charge >= 0.3 is 0 Å². The molecule has 1 unspecified atom stereocenters. The minimum absolute atomic E-state index is 0.163. The Kier molecular flexibility index (Phi) is 3.54. The number of nitrogens with two attached hydrogens (primary N) is 1. The maximum atomic E-state index is 6.08. The highest BCUT2D eigenvalue weighted by molar-refractivity contribution is 7.99. The molecule has 0 radical (unpaired) electrons. The smallest absolute Gasteiger partial charge is 0.133 e. The number of hydrogen-bond donors (Lipinski definition) is 1. The van der Waals surface area contributed by atoms with Crippen molar-refractivity contribution in [1.82, 2.24) is 0 Å². The number of rotatable bonds is 3. The number of benzene rings is 1. The van der Waals surface area contributed by atoms with E-state index < -0.39 is 0 Å². The third kappa shape index (κ3) is 2.47. The highest BCUT2D eigenvalue weighted by atomic mass is 32.2. The molecule has 2 N–H and O–H groups in total. The molecule has 2 atom stereocenters. The van der Waals surface area contributed by atoms with Gasteiger partial charge in [-0.15, -0.1) is 11.8 Å². The van der Waals surface area contributed by atoms with E-state index in [0.29, 0.717) is 0 Å². The van der Waals surface area contributed by atoms with Gasteiger partial charge in [0.05, 0.1) is 0 Å². The van der Waals surface area contributed by atoms with Gasteiger partial charge in [0, 0.05) is 16.7 Å². The molecule has 3 heteroatoms. The van der Waals surface area contributed by atoms with Crippen molar-refractivity contribution in [2.24, 2.45) is 5.73 Å². The Morgan fingerprint density at radius 3 is 3.13 bits per heavy atom. The molecule has 1 aromatic rings. The van der Waals surface area contributed by atoms with Crippen LogP contribution in [0, 0.1) is 0 Å². The fourth-order valence-corrected chi connectivity index (χ4v) is 2.86. The van der Waals surface area contributed by atoms with E-state index in [9.17, 15) is 0 Å². The van der Waals surface area contributed by atoms with E-state index in [0.717, 1.165) is 24.3 Å². The fraction of sp³-hybridized carbons (Fsp3) is 0.500. The van der Waals surface area contributed by atoms with Gasteiger partial charge in [0.1, 0.15) is 11.9 Å². The van der Waals surface area contributed by atoms with E-state index in [4.69, 9.17) is 10.5 Å². The molecular formula is C12H17NOS. The molecule has 0 saturated heterocycles. The number of ether oxygens (including phenoxy) is 1. The Hall–Kier alpha value is -0.670. The van der Waals surface area contributed by atoms with Crippen molar-refractivity contribution in [3.63, 3.8) is 0 Å². The van der Waals surface area contributed by atoms with E-state index in [1.807, 2.05) is 30.0 Å². The summed E-state index contributed by atoms with van der Waals surface area (Å²) in [5.74, 6) is 1.96. The molecule has 0 fully saturated rings. The zero-order chi connectivity index (χ0) is 10.7. The van der Waals surface area contributed by atoms with Crippen LogP contribution >= 0.6 is 11.8 Å². The molecule has 2 rings (SSSR count). The van der Waals surface area contributed by atoms with Crippen molar-refractivity contribution in [1.29, 1.82) is 0 Å². The predicted molar refractivity (Wildman–Crippen MR) is 64.5 cm³/mol. The lowest BCUT2D eigenvalue weighted by Gasteiger charge is -2.29. The van der Waals surface area contributed by atoms with Crippen LogP contribution in [0.4, 0.5) is 0 Å². The molecule has 1 aliphatic heterocycles. The topological polar surface area (TPSA) is 35.2 Å². The SMILES string of the molecule is CCC[C@@H](N)C1CSc2ccccc2O1. The van der Waals surface area contributed by atoms with Gasteiger partial charge in [-0.3, -0.25) is 0 Å². The first kappa shape index (κ1) is 10.8. The lowest BCUT2D eigenvalue weighted by Crippen LogP contribution is -2.41. The molecular weight excluding hydrogens is 206 g/mol. The monoisotopic (exact) mass is 223 g/mol. The molecule has 15 heavy (non-hydrogen) atoms. The molecule has 1 heterocycles. The second kappa shape index (κ2) is 4.90. The van der Waals surface area contributed by atoms with Gasteiger partial charge in [0.2, 0.25) is 0 Å². The van der Waals surface area contributed by atoms with Gasteiger partial charge in [-0.1, -0.05) is 25.5 Å². The van der Waals surface area contributed by atoms with Crippen molar-refractivity contribution in [3.8, 4) is 5.75 Å². The summed E-state index contributed by atoms with van der Waals surface area (Å²) in [6.45, 7) is 2.16. The normalized spacial score (nSPS) is 21.6. The van der Waals surface area contributed by atoms with Crippen LogP contribution in [0.15, 0.2) is 29.2 Å². The molecule has 0 saturated carbocycles. The summed E-state index contributed by atoms with van der Waals surface area (Å²) >= 11 is 1.85. The molecule has 0 spiro atoms. The second-order valence-corrected chi connectivity index (χ2v) is 4.93. The summed E-state index contributed by atoms with van der Waals surface area (Å²) < 4.78 is 5.90. The molecule has 0 aromatic heterocycles. The standard InChI is InChI=1S/C12H17NOS/c1-2-5-9(13)11-8-15-12-7-4-3-6-10(12)14-11/h3-4,6-7,9,11H,2,5,8,13H2,1H3/t9-,11?/m1/s1. The van der Waals surface area contributed by atoms with E-state index in [2.05, 4.69) is 13.0 Å². The van der Waals surface area contributed by atoms with Gasteiger partial charge in [-0.05, 0) is 18.6 Å². The molecule has 0 aliphatic carbocycles. The summed E-state index contributed by atoms with van der Waals surface area (Å²) in [5, 5.41) is 0. The van der Waals surface area contributed by atoms with Crippen molar-refractivity contribution >= 4 is 11.8 Å². The van der Waals surface area contributed by atoms with Crippen molar-refractivity contribution < 1.29 is 4.74 Å². The van der Waals surface area contributed by atoms with Gasteiger partial charge in [0.15, 0.2) is 0 Å². The summed E-state index contributed by atoms with van der Waals surface area (Å²) in [6.07, 6.45) is 2.32. The first-order valence-corrected chi connectivity index (χ1v) is 6.44. The van der Waals surface area contributed by atoms with E-state index in [1.165, 1.54) is 4.90 Å². The van der Waals surface area contributed by atoms with Gasteiger partial charge in [-0.2, -0.15) is 0 Å². The second-order valence-electron chi connectivity index (χ2n) is 3.87. The number of fused-ring (bicyclic) bond motifs is 1. The first-order valence-electron chi connectivity index (χ1n) is 5.45. The average Bonchev–Trinajstić information content (AvgIpc) is 2.29. The van der Waals surface area contributed by atoms with Crippen LogP contribution in [0.2, 0.25) is 0 Å². The Bertz CT molecular complexity index is 329. The lowest BCUT2D eigenvalue weighted by atomic mass is 10.1. The van der Waals surface area contributed by atoms with Crippen molar-refractivity contribution in [3.05, 3.63) is 24.3 Å². The summed E-state index contributed by atoms with van der Waals surface area (Å²) in [4.78, 5) is 1.23. The molecule has 1 aromatic carbocycles. The Balaban J connectivity index is 2.05. The van der Waals surface area contributed by atoms with Crippen LogP contribution in [-0.4, -0.2) is 17.9 Å². The molecule has 82 valence electrons. The largest absolute Gasteiger partial charge is 0.487 e. The van der Waals surface area contributed by atoms with Crippen LogP contribution in [0.5, 0.6) is 5.75 Å². The summed E-state index contributed by atoms with van der Waals surface area (Å²) in [5.41, 5.74) is 6.08.